The molecule has 0 radical (unpaired) electrons. The van der Waals surface area contributed by atoms with Crippen molar-refractivity contribution in [1.29, 1.82) is 10.5 Å². The molecule has 0 bridgehead atoms. The van der Waals surface area contributed by atoms with Crippen LogP contribution in [0.3, 0.4) is 0 Å². The summed E-state index contributed by atoms with van der Waals surface area (Å²) >= 11 is 0. The summed E-state index contributed by atoms with van der Waals surface area (Å²) in [6.45, 7) is 16.7. The molecule has 1 saturated carbocycles. The van der Waals surface area contributed by atoms with Crippen LogP contribution in [-0.4, -0.2) is 38.4 Å². The van der Waals surface area contributed by atoms with E-state index in [9.17, 15) is 9.59 Å². The van der Waals surface area contributed by atoms with Crippen LogP contribution in [0.4, 0.5) is 0 Å². The maximum Gasteiger partial charge on any atom is 0.309 e. The third-order valence-electron chi connectivity index (χ3n) is 4.34. The summed E-state index contributed by atoms with van der Waals surface area (Å²) in [6, 6.07) is 3.59. The third kappa shape index (κ3) is 8.70. The summed E-state index contributed by atoms with van der Waals surface area (Å²) < 4.78 is 10.2. The molecule has 0 spiro atoms. The normalized spacial score (nSPS) is 20.0. The van der Waals surface area contributed by atoms with Crippen LogP contribution < -0.4 is 0 Å². The van der Waals surface area contributed by atoms with Gasteiger partial charge in [0.25, 0.3) is 0 Å². The number of hydrogen-bond acceptors (Lipinski definition) is 8. The summed E-state index contributed by atoms with van der Waals surface area (Å²) in [4.78, 5) is 37.9. The average Bonchev–Trinajstić information content (AvgIpc) is 2.77. The lowest BCUT2D eigenvalue weighted by Gasteiger charge is -2.32. The zero-order valence-electron chi connectivity index (χ0n) is 16.6. The zero-order valence-corrected chi connectivity index (χ0v) is 16.6. The Hall–Kier alpha value is -3.45. The molecule has 2 unspecified atom stereocenters. The van der Waals surface area contributed by atoms with Gasteiger partial charge in [0.1, 0.15) is 19.8 Å². The van der Waals surface area contributed by atoms with Gasteiger partial charge in [0.2, 0.25) is 0 Å². The van der Waals surface area contributed by atoms with Crippen LogP contribution in [0.15, 0.2) is 36.6 Å². The quantitative estimate of drug-likeness (QED) is 0.126. The largest absolute Gasteiger partial charge is 0.460 e. The first kappa shape index (κ1) is 24.6. The molecule has 0 amide bonds. The summed E-state index contributed by atoms with van der Waals surface area (Å²) in [5, 5.41) is 17.5. The summed E-state index contributed by atoms with van der Waals surface area (Å²) in [7, 11) is 0. The van der Waals surface area contributed by atoms with E-state index >= 15 is 0 Å². The molecule has 0 aromatic carbocycles. The van der Waals surface area contributed by atoms with Gasteiger partial charge >= 0.3 is 11.9 Å². The molecule has 1 aliphatic rings. The Morgan fingerprint density at radius 1 is 0.900 bits per heavy atom. The Balaban J connectivity index is 2.72. The minimum Gasteiger partial charge on any atom is -0.460 e. The van der Waals surface area contributed by atoms with Gasteiger partial charge in [0, 0.05) is 0 Å². The fourth-order valence-corrected chi connectivity index (χ4v) is 2.86. The molecule has 0 heterocycles. The van der Waals surface area contributed by atoms with Crippen LogP contribution in [0.2, 0.25) is 0 Å². The molecule has 9 nitrogen and oxygen atoms in total. The first-order chi connectivity index (χ1) is 14.3. The van der Waals surface area contributed by atoms with E-state index < -0.39 is 23.8 Å². The highest BCUT2D eigenvalue weighted by Gasteiger charge is 2.38. The average molecular weight is 413 g/mol. The van der Waals surface area contributed by atoms with Crippen molar-refractivity contribution in [3.05, 3.63) is 48.0 Å². The lowest BCUT2D eigenvalue weighted by molar-refractivity contribution is -0.296. The minimum absolute atomic E-state index is 0.0836. The Labute approximate surface area is 175 Å². The topological polar surface area (TPSA) is 123 Å². The lowest BCUT2D eigenvalue weighted by Crippen LogP contribution is -2.35. The van der Waals surface area contributed by atoms with E-state index in [-0.39, 0.29) is 55.6 Å². The maximum atomic E-state index is 12.4. The molecule has 158 valence electrons. The second-order valence-electron chi connectivity index (χ2n) is 6.84. The fraction of sp³-hybridized carbons (Fsp3) is 0.476. The van der Waals surface area contributed by atoms with Gasteiger partial charge in [-0.3, -0.25) is 9.59 Å². The number of esters is 2. The molecule has 0 N–H and O–H groups in total. The standard InChI is InChI=1S/C21H23N3O6/c1-14(8-22)10-27-20(25)18-5-17(13-30-29-12-16(3)24-4)6-19(7-18)21(26)28-11-15(2)9-23/h17-19H,1-3,5-7,10-13H2. The van der Waals surface area contributed by atoms with Crippen molar-refractivity contribution >= 4 is 11.9 Å². The molecule has 1 rings (SSSR count). The first-order valence-corrected chi connectivity index (χ1v) is 9.09. The molecule has 0 saturated heterocycles. The molecular formula is C21H23N3O6. The van der Waals surface area contributed by atoms with Gasteiger partial charge in [-0.1, -0.05) is 19.7 Å². The van der Waals surface area contributed by atoms with Gasteiger partial charge in [-0.2, -0.15) is 10.5 Å². The SMILES string of the molecule is [C-]#[N+]C(=C)COOCC1CC(C(=O)OCC(=C)C#N)CC(C(=O)OCC(=C)C#N)C1. The van der Waals surface area contributed by atoms with E-state index in [0.29, 0.717) is 12.8 Å². The molecule has 1 aliphatic carbocycles. The molecule has 9 heteroatoms. The molecular weight excluding hydrogens is 390 g/mol. The van der Waals surface area contributed by atoms with E-state index in [1.54, 1.807) is 12.1 Å². The predicted octanol–water partition coefficient (Wildman–Crippen LogP) is 2.65. The van der Waals surface area contributed by atoms with Gasteiger partial charge in [-0.05, 0) is 25.2 Å². The number of carbonyl (C=O) groups excluding carboxylic acids is 2. The smallest absolute Gasteiger partial charge is 0.309 e. The van der Waals surface area contributed by atoms with Crippen molar-refractivity contribution in [2.45, 2.75) is 19.3 Å². The van der Waals surface area contributed by atoms with Crippen LogP contribution in [0.5, 0.6) is 0 Å². The van der Waals surface area contributed by atoms with E-state index in [4.69, 9.17) is 36.3 Å². The molecule has 30 heavy (non-hydrogen) atoms. The van der Waals surface area contributed by atoms with E-state index in [2.05, 4.69) is 24.6 Å². The Kier molecular flexibility index (Phi) is 10.6. The molecule has 1 fully saturated rings. The van der Waals surface area contributed by atoms with Gasteiger partial charge in [0.05, 0.1) is 48.3 Å². The maximum absolute atomic E-state index is 12.4. The minimum atomic E-state index is -0.603. The number of carbonyl (C=O) groups is 2. The van der Waals surface area contributed by atoms with Crippen LogP contribution in [0.25, 0.3) is 4.85 Å². The predicted molar refractivity (Wildman–Crippen MR) is 103 cm³/mol. The van der Waals surface area contributed by atoms with Crippen molar-refractivity contribution in [3.8, 4) is 12.1 Å². The molecule has 0 aromatic rings. The highest BCUT2D eigenvalue weighted by atomic mass is 17.2. The zero-order chi connectivity index (χ0) is 22.5. The van der Waals surface area contributed by atoms with Crippen LogP contribution in [0.1, 0.15) is 19.3 Å². The Bertz CT molecular complexity index is 764. The number of nitriles is 2. The number of nitrogens with zero attached hydrogens (tertiary/aromatic N) is 3. The van der Waals surface area contributed by atoms with Crippen LogP contribution in [-0.2, 0) is 28.8 Å². The van der Waals surface area contributed by atoms with Gasteiger partial charge in [-0.25, -0.2) is 14.6 Å². The lowest BCUT2D eigenvalue weighted by atomic mass is 9.75. The summed E-state index contributed by atoms with van der Waals surface area (Å²) in [5.41, 5.74) is 0.397. The second kappa shape index (κ2) is 12.9. The molecule has 2 atom stereocenters. The van der Waals surface area contributed by atoms with E-state index in [1.807, 2.05) is 0 Å². The van der Waals surface area contributed by atoms with Crippen molar-refractivity contribution in [3.63, 3.8) is 0 Å². The van der Waals surface area contributed by atoms with Crippen LogP contribution in [0, 0.1) is 47.0 Å². The molecule has 0 aromatic heterocycles. The van der Waals surface area contributed by atoms with Gasteiger partial charge < -0.3 is 9.47 Å². The first-order valence-electron chi connectivity index (χ1n) is 9.09. The van der Waals surface area contributed by atoms with Crippen molar-refractivity contribution in [2.75, 3.05) is 26.4 Å². The number of ether oxygens (including phenoxy) is 2. The molecule has 0 aliphatic heterocycles. The third-order valence-corrected chi connectivity index (χ3v) is 4.34. The highest BCUT2D eigenvalue weighted by Crippen LogP contribution is 2.35. The van der Waals surface area contributed by atoms with Crippen molar-refractivity contribution in [1.82, 2.24) is 0 Å². The van der Waals surface area contributed by atoms with E-state index in [0.717, 1.165) is 0 Å². The van der Waals surface area contributed by atoms with Crippen molar-refractivity contribution in [2.24, 2.45) is 17.8 Å². The highest BCUT2D eigenvalue weighted by molar-refractivity contribution is 5.77. The second-order valence-corrected chi connectivity index (χ2v) is 6.84. The number of rotatable bonds is 11. The van der Waals surface area contributed by atoms with Gasteiger partial charge in [-0.15, -0.1) is 0 Å². The Morgan fingerprint density at radius 2 is 1.40 bits per heavy atom. The summed E-state index contributed by atoms with van der Waals surface area (Å²) in [6.07, 6.45) is 0.987. The number of hydrogen-bond donors (Lipinski definition) is 0. The Morgan fingerprint density at radius 3 is 1.83 bits per heavy atom. The van der Waals surface area contributed by atoms with Crippen LogP contribution >= 0.6 is 0 Å². The summed E-state index contributed by atoms with van der Waals surface area (Å²) in [5.74, 6) is -2.51. The van der Waals surface area contributed by atoms with Gasteiger partial charge in [0.15, 0.2) is 5.70 Å². The van der Waals surface area contributed by atoms with E-state index in [1.165, 1.54) is 0 Å². The monoisotopic (exact) mass is 413 g/mol. The fourth-order valence-electron chi connectivity index (χ4n) is 2.86. The van der Waals surface area contributed by atoms with Crippen molar-refractivity contribution < 1.29 is 28.8 Å².